The highest BCUT2D eigenvalue weighted by Crippen LogP contribution is 2.40. The quantitative estimate of drug-likeness (QED) is 0.428. The van der Waals surface area contributed by atoms with Gasteiger partial charge in [-0.3, -0.25) is 9.59 Å². The minimum Gasteiger partial charge on any atom is -0.273 e. The third kappa shape index (κ3) is 8.00. The molecule has 32 heavy (non-hydrogen) atoms. The third-order valence-corrected chi connectivity index (χ3v) is 8.41. The monoisotopic (exact) mass is 446 g/mol. The van der Waals surface area contributed by atoms with Crippen molar-refractivity contribution in [3.63, 3.8) is 0 Å². The van der Waals surface area contributed by atoms with Crippen LogP contribution >= 0.6 is 0 Å². The molecule has 2 aliphatic carbocycles. The van der Waals surface area contributed by atoms with E-state index in [1.54, 1.807) is 0 Å². The molecule has 0 unspecified atom stereocenters. The van der Waals surface area contributed by atoms with E-state index in [1.807, 2.05) is 0 Å². The molecular formula is C26H46N4O2. The highest BCUT2D eigenvalue weighted by molar-refractivity contribution is 5.89. The topological polar surface area (TPSA) is 82.9 Å². The largest absolute Gasteiger partial charge is 0.273 e. The summed E-state index contributed by atoms with van der Waals surface area (Å²) >= 11 is 0. The lowest BCUT2D eigenvalue weighted by Crippen LogP contribution is -2.30. The van der Waals surface area contributed by atoms with Gasteiger partial charge in [-0.2, -0.15) is 10.2 Å². The summed E-state index contributed by atoms with van der Waals surface area (Å²) in [5.74, 6) is 1.03. The van der Waals surface area contributed by atoms with Gasteiger partial charge >= 0.3 is 0 Å². The summed E-state index contributed by atoms with van der Waals surface area (Å²) in [6, 6.07) is 0. The molecule has 0 atom stereocenters. The van der Waals surface area contributed by atoms with Crippen molar-refractivity contribution in [1.29, 1.82) is 0 Å². The Kier molecular flexibility index (Phi) is 9.90. The van der Waals surface area contributed by atoms with Crippen molar-refractivity contribution in [3.05, 3.63) is 0 Å². The maximum Gasteiger partial charge on any atom is 0.240 e. The number of rotatable bonds is 9. The normalized spacial score (nSPS) is 22.3. The van der Waals surface area contributed by atoms with Gasteiger partial charge in [-0.05, 0) is 74.0 Å². The molecule has 2 fully saturated rings. The molecule has 6 heteroatoms. The van der Waals surface area contributed by atoms with Gasteiger partial charge in [-0.1, -0.05) is 54.4 Å². The highest BCUT2D eigenvalue weighted by Gasteiger charge is 2.31. The zero-order valence-electron chi connectivity index (χ0n) is 21.4. The van der Waals surface area contributed by atoms with Crippen molar-refractivity contribution in [2.24, 2.45) is 32.9 Å². The van der Waals surface area contributed by atoms with Gasteiger partial charge in [0, 0.05) is 24.3 Å². The Balaban J connectivity index is 1.65. The van der Waals surface area contributed by atoms with Crippen LogP contribution in [0.4, 0.5) is 0 Å². The second kappa shape index (κ2) is 11.9. The fourth-order valence-electron chi connectivity index (χ4n) is 4.89. The molecule has 2 rings (SSSR count). The van der Waals surface area contributed by atoms with Gasteiger partial charge < -0.3 is 0 Å². The molecular weight excluding hydrogens is 400 g/mol. The third-order valence-electron chi connectivity index (χ3n) is 8.41. The van der Waals surface area contributed by atoms with Gasteiger partial charge in [0.2, 0.25) is 11.8 Å². The van der Waals surface area contributed by atoms with Gasteiger partial charge in [0.25, 0.3) is 0 Å². The molecule has 0 aromatic rings. The molecule has 0 radical (unpaired) electrons. The Hall–Kier alpha value is -1.72. The first-order valence-corrected chi connectivity index (χ1v) is 12.8. The second-order valence-corrected chi connectivity index (χ2v) is 11.2. The summed E-state index contributed by atoms with van der Waals surface area (Å²) in [7, 11) is 0. The van der Waals surface area contributed by atoms with Gasteiger partial charge in [0.15, 0.2) is 0 Å². The van der Waals surface area contributed by atoms with Crippen LogP contribution < -0.4 is 10.9 Å². The summed E-state index contributed by atoms with van der Waals surface area (Å²) in [4.78, 5) is 24.2. The maximum atomic E-state index is 12.1. The molecule has 0 aromatic heterocycles. The first-order chi connectivity index (χ1) is 15.1. The van der Waals surface area contributed by atoms with Crippen LogP contribution in [0.25, 0.3) is 0 Å². The van der Waals surface area contributed by atoms with Crippen LogP contribution in [0.3, 0.4) is 0 Å². The average Bonchev–Trinajstić information content (AvgIpc) is 2.80. The van der Waals surface area contributed by atoms with Crippen molar-refractivity contribution >= 4 is 23.2 Å². The molecule has 2 saturated carbocycles. The Labute approximate surface area is 195 Å². The van der Waals surface area contributed by atoms with Crippen LogP contribution in [0.1, 0.15) is 119 Å². The van der Waals surface area contributed by atoms with E-state index in [0.717, 1.165) is 74.6 Å². The van der Waals surface area contributed by atoms with Crippen molar-refractivity contribution in [2.45, 2.75) is 119 Å². The first-order valence-electron chi connectivity index (χ1n) is 12.8. The van der Waals surface area contributed by atoms with Gasteiger partial charge in [0.1, 0.15) is 0 Å². The molecule has 2 N–H and O–H groups in total. The number of hydrazone groups is 2. The smallest absolute Gasteiger partial charge is 0.240 e. The van der Waals surface area contributed by atoms with Crippen LogP contribution in [0.15, 0.2) is 10.2 Å². The van der Waals surface area contributed by atoms with Gasteiger partial charge in [0.05, 0.1) is 0 Å². The molecule has 0 bridgehead atoms. The lowest BCUT2D eigenvalue weighted by atomic mass is 9.69. The second-order valence-electron chi connectivity index (χ2n) is 11.2. The molecule has 0 aliphatic heterocycles. The predicted molar refractivity (Wildman–Crippen MR) is 132 cm³/mol. The fourth-order valence-corrected chi connectivity index (χ4v) is 4.89. The number of nitrogens with zero attached hydrogens (tertiary/aromatic N) is 2. The van der Waals surface area contributed by atoms with Gasteiger partial charge in [-0.25, -0.2) is 10.9 Å². The minimum absolute atomic E-state index is 0.131. The van der Waals surface area contributed by atoms with Crippen LogP contribution in [0.2, 0.25) is 0 Å². The average molecular weight is 447 g/mol. The van der Waals surface area contributed by atoms with E-state index >= 15 is 0 Å². The molecule has 0 spiro atoms. The van der Waals surface area contributed by atoms with Crippen molar-refractivity contribution in [1.82, 2.24) is 10.9 Å². The van der Waals surface area contributed by atoms with Gasteiger partial charge in [-0.15, -0.1) is 0 Å². The molecule has 182 valence electrons. The van der Waals surface area contributed by atoms with Crippen molar-refractivity contribution < 1.29 is 9.59 Å². The summed E-state index contributed by atoms with van der Waals surface area (Å²) in [6.07, 6.45) is 11.0. The van der Waals surface area contributed by atoms with Crippen molar-refractivity contribution in [3.8, 4) is 0 Å². The zero-order valence-corrected chi connectivity index (χ0v) is 21.4. The Morgan fingerprint density at radius 3 is 1.31 bits per heavy atom. The van der Waals surface area contributed by atoms with E-state index in [-0.39, 0.29) is 24.7 Å². The van der Waals surface area contributed by atoms with Crippen LogP contribution in [0.5, 0.6) is 0 Å². The number of hydrogen-bond acceptors (Lipinski definition) is 4. The van der Waals surface area contributed by atoms with E-state index in [4.69, 9.17) is 0 Å². The zero-order chi connectivity index (χ0) is 23.8. The van der Waals surface area contributed by atoms with E-state index in [0.29, 0.717) is 10.8 Å². The number of carbonyl (C=O) groups is 2. The summed E-state index contributed by atoms with van der Waals surface area (Å²) in [5.41, 5.74) is 8.16. The highest BCUT2D eigenvalue weighted by atomic mass is 16.2. The van der Waals surface area contributed by atoms with E-state index < -0.39 is 0 Å². The molecule has 0 aromatic carbocycles. The summed E-state index contributed by atoms with van der Waals surface area (Å²) < 4.78 is 0. The minimum atomic E-state index is -0.210. The predicted octanol–water partition coefficient (Wildman–Crippen LogP) is 5.96. The SMILES string of the molecule is CCC(C)(C)C1CCC(=NNC(=O)CCC(=O)NN=C2CCC(C(C)(C)CC)CC2)CC1. The molecule has 2 amide bonds. The van der Waals surface area contributed by atoms with Crippen LogP contribution in [-0.4, -0.2) is 23.2 Å². The Morgan fingerprint density at radius 2 is 1.03 bits per heavy atom. The van der Waals surface area contributed by atoms with Crippen LogP contribution in [-0.2, 0) is 9.59 Å². The summed E-state index contributed by atoms with van der Waals surface area (Å²) in [6.45, 7) is 13.9. The molecule has 2 aliphatic rings. The lowest BCUT2D eigenvalue weighted by molar-refractivity contribution is -0.126. The van der Waals surface area contributed by atoms with Crippen molar-refractivity contribution in [2.75, 3.05) is 0 Å². The number of hydrogen-bond donors (Lipinski definition) is 2. The van der Waals surface area contributed by atoms with Crippen LogP contribution in [0, 0.1) is 22.7 Å². The molecule has 0 heterocycles. The standard InChI is InChI=1S/C26H46N4O2/c1-7-25(3,4)19-9-13-21(14-10-19)27-29-23(31)17-18-24(32)30-28-22-15-11-20(12-16-22)26(5,6)8-2/h19-20H,7-18H2,1-6H3,(H,29,31)(H,30,32). The number of carbonyl (C=O) groups excluding carboxylic acids is 2. The Morgan fingerprint density at radius 1 is 0.719 bits per heavy atom. The van der Waals surface area contributed by atoms with E-state index in [9.17, 15) is 9.59 Å². The fraction of sp³-hybridized carbons (Fsp3) is 0.846. The number of nitrogens with one attached hydrogen (secondary N) is 2. The number of amides is 2. The van der Waals surface area contributed by atoms with E-state index in [2.05, 4.69) is 62.6 Å². The van der Waals surface area contributed by atoms with E-state index in [1.165, 1.54) is 12.8 Å². The molecule has 0 saturated heterocycles. The maximum absolute atomic E-state index is 12.1. The Bertz CT molecular complexity index is 629. The molecule has 6 nitrogen and oxygen atoms in total. The summed E-state index contributed by atoms with van der Waals surface area (Å²) in [5, 5.41) is 8.63. The lowest BCUT2D eigenvalue weighted by Gasteiger charge is -2.36. The first kappa shape index (κ1) is 26.5.